The van der Waals surface area contributed by atoms with Crippen LogP contribution in [0.2, 0.25) is 0 Å². The van der Waals surface area contributed by atoms with Gasteiger partial charge in [-0.1, -0.05) is 13.0 Å². The fraction of sp³-hybridized carbons (Fsp3) is 0.400. The lowest BCUT2D eigenvalue weighted by Gasteiger charge is -2.18. The molecule has 3 heteroatoms. The van der Waals surface area contributed by atoms with Crippen molar-refractivity contribution in [3.63, 3.8) is 0 Å². The van der Waals surface area contributed by atoms with Gasteiger partial charge in [0.05, 0.1) is 6.20 Å². The minimum atomic E-state index is 1.17. The van der Waals surface area contributed by atoms with Gasteiger partial charge in [-0.2, -0.15) is 5.10 Å². The van der Waals surface area contributed by atoms with Gasteiger partial charge in [-0.3, -0.25) is 4.68 Å². The topological polar surface area (TPSA) is 21.1 Å². The van der Waals surface area contributed by atoms with Gasteiger partial charge in [0.1, 0.15) is 0 Å². The fourth-order valence-electron chi connectivity index (χ4n) is 2.72. The maximum absolute atomic E-state index is 4.24. The summed E-state index contributed by atoms with van der Waals surface area (Å²) in [5, 5.41) is 4.24. The molecule has 1 aliphatic heterocycles. The van der Waals surface area contributed by atoms with E-state index >= 15 is 0 Å². The number of hydrogen-bond acceptors (Lipinski definition) is 2. The Balaban J connectivity index is 1.93. The van der Waals surface area contributed by atoms with E-state index in [1.54, 1.807) is 0 Å². The third-order valence-electron chi connectivity index (χ3n) is 3.60. The van der Waals surface area contributed by atoms with Crippen LogP contribution in [0.1, 0.15) is 18.9 Å². The van der Waals surface area contributed by atoms with Crippen LogP contribution in [0, 0.1) is 0 Å². The number of nitrogens with zero attached hydrogens (tertiary/aromatic N) is 3. The van der Waals surface area contributed by atoms with Crippen LogP contribution in [0.15, 0.2) is 30.6 Å². The van der Waals surface area contributed by atoms with E-state index in [-0.39, 0.29) is 0 Å². The Kier molecular flexibility index (Phi) is 2.82. The molecule has 3 nitrogen and oxygen atoms in total. The van der Waals surface area contributed by atoms with Crippen molar-refractivity contribution in [2.24, 2.45) is 7.05 Å². The molecule has 94 valence electrons. The standard InChI is InChI=1S/C15H19N3/c1-3-7-18-8-6-13-9-12(4-5-15(13)18)14-10-16-17(2)11-14/h4-5,9-11H,3,6-8H2,1-2H3. The average molecular weight is 241 g/mol. The Morgan fingerprint density at radius 3 is 2.89 bits per heavy atom. The molecule has 18 heavy (non-hydrogen) atoms. The molecule has 1 aromatic carbocycles. The Morgan fingerprint density at radius 2 is 2.17 bits per heavy atom. The molecule has 1 aliphatic rings. The zero-order valence-electron chi connectivity index (χ0n) is 11.1. The molecule has 2 heterocycles. The molecule has 0 fully saturated rings. The summed E-state index contributed by atoms with van der Waals surface area (Å²) in [4.78, 5) is 2.49. The highest BCUT2D eigenvalue weighted by molar-refractivity contribution is 5.69. The van der Waals surface area contributed by atoms with Gasteiger partial charge in [-0.05, 0) is 36.1 Å². The van der Waals surface area contributed by atoms with Crippen LogP contribution in [0.4, 0.5) is 5.69 Å². The van der Waals surface area contributed by atoms with E-state index in [1.807, 2.05) is 17.9 Å². The molecule has 0 amide bonds. The Labute approximate surface area is 108 Å². The van der Waals surface area contributed by atoms with Crippen molar-refractivity contribution in [2.75, 3.05) is 18.0 Å². The van der Waals surface area contributed by atoms with Crippen LogP contribution in [-0.4, -0.2) is 22.9 Å². The number of fused-ring (bicyclic) bond motifs is 1. The van der Waals surface area contributed by atoms with Crippen LogP contribution in [0.25, 0.3) is 11.1 Å². The zero-order valence-corrected chi connectivity index (χ0v) is 11.1. The number of hydrogen-bond donors (Lipinski definition) is 0. The molecule has 3 rings (SSSR count). The number of anilines is 1. The average Bonchev–Trinajstić information content (AvgIpc) is 2.96. The lowest BCUT2D eigenvalue weighted by Crippen LogP contribution is -2.20. The second kappa shape index (κ2) is 4.48. The first kappa shape index (κ1) is 11.3. The highest BCUT2D eigenvalue weighted by Gasteiger charge is 2.18. The predicted molar refractivity (Wildman–Crippen MR) is 74.9 cm³/mol. The maximum atomic E-state index is 4.24. The summed E-state index contributed by atoms with van der Waals surface area (Å²) >= 11 is 0. The van der Waals surface area contributed by atoms with Crippen LogP contribution >= 0.6 is 0 Å². The molecule has 0 N–H and O–H groups in total. The normalized spacial score (nSPS) is 14.0. The third kappa shape index (κ3) is 1.90. The molecule has 0 saturated heterocycles. The molecule has 0 atom stereocenters. The van der Waals surface area contributed by atoms with E-state index in [0.29, 0.717) is 0 Å². The first-order valence-electron chi connectivity index (χ1n) is 6.65. The molecule has 0 spiro atoms. The minimum Gasteiger partial charge on any atom is -0.371 e. The molecule has 0 bridgehead atoms. The van der Waals surface area contributed by atoms with Gasteiger partial charge in [0.15, 0.2) is 0 Å². The van der Waals surface area contributed by atoms with Crippen molar-refractivity contribution in [2.45, 2.75) is 19.8 Å². The quantitative estimate of drug-likeness (QED) is 0.824. The number of aromatic nitrogens is 2. The van der Waals surface area contributed by atoms with E-state index in [2.05, 4.69) is 41.3 Å². The largest absolute Gasteiger partial charge is 0.371 e. The van der Waals surface area contributed by atoms with Gasteiger partial charge in [0, 0.05) is 37.6 Å². The lowest BCUT2D eigenvalue weighted by atomic mass is 10.0. The molecule has 1 aromatic heterocycles. The van der Waals surface area contributed by atoms with Crippen molar-refractivity contribution in [3.05, 3.63) is 36.2 Å². The molecular formula is C15H19N3. The van der Waals surface area contributed by atoms with E-state index in [1.165, 1.54) is 48.3 Å². The number of benzene rings is 1. The van der Waals surface area contributed by atoms with E-state index in [4.69, 9.17) is 0 Å². The summed E-state index contributed by atoms with van der Waals surface area (Å²) < 4.78 is 1.85. The molecule has 0 radical (unpaired) electrons. The van der Waals surface area contributed by atoms with Gasteiger partial charge in [0.25, 0.3) is 0 Å². The van der Waals surface area contributed by atoms with Crippen LogP contribution in [0.5, 0.6) is 0 Å². The molecule has 0 unspecified atom stereocenters. The summed E-state index contributed by atoms with van der Waals surface area (Å²) in [7, 11) is 1.96. The van der Waals surface area contributed by atoms with E-state index in [9.17, 15) is 0 Å². The molecular weight excluding hydrogens is 222 g/mol. The van der Waals surface area contributed by atoms with Crippen molar-refractivity contribution in [1.82, 2.24) is 9.78 Å². The van der Waals surface area contributed by atoms with Crippen LogP contribution in [0.3, 0.4) is 0 Å². The van der Waals surface area contributed by atoms with Gasteiger partial charge in [-0.15, -0.1) is 0 Å². The minimum absolute atomic E-state index is 1.17. The van der Waals surface area contributed by atoms with Gasteiger partial charge >= 0.3 is 0 Å². The predicted octanol–water partition coefficient (Wildman–Crippen LogP) is 2.86. The Bertz CT molecular complexity index is 557. The fourth-order valence-corrected chi connectivity index (χ4v) is 2.72. The third-order valence-corrected chi connectivity index (χ3v) is 3.60. The smallest absolute Gasteiger partial charge is 0.0568 e. The SMILES string of the molecule is CCCN1CCc2cc(-c3cnn(C)c3)ccc21. The lowest BCUT2D eigenvalue weighted by molar-refractivity contribution is 0.768. The highest BCUT2D eigenvalue weighted by Crippen LogP contribution is 2.32. The molecule has 2 aromatic rings. The number of aryl methyl sites for hydroxylation is 1. The van der Waals surface area contributed by atoms with Gasteiger partial charge in [0.2, 0.25) is 0 Å². The summed E-state index contributed by atoms with van der Waals surface area (Å²) in [5.41, 5.74) is 5.38. The van der Waals surface area contributed by atoms with Crippen molar-refractivity contribution >= 4 is 5.69 Å². The monoisotopic (exact) mass is 241 g/mol. The summed E-state index contributed by atoms with van der Waals surface area (Å²) in [5.74, 6) is 0. The highest BCUT2D eigenvalue weighted by atomic mass is 15.2. The summed E-state index contributed by atoms with van der Waals surface area (Å²) in [6.45, 7) is 4.57. The second-order valence-electron chi connectivity index (χ2n) is 4.98. The molecule has 0 saturated carbocycles. The van der Waals surface area contributed by atoms with Crippen molar-refractivity contribution in [1.29, 1.82) is 0 Å². The maximum Gasteiger partial charge on any atom is 0.0568 e. The van der Waals surface area contributed by atoms with Gasteiger partial charge < -0.3 is 4.90 Å². The summed E-state index contributed by atoms with van der Waals surface area (Å²) in [6.07, 6.45) is 6.38. The number of rotatable bonds is 3. The van der Waals surface area contributed by atoms with Crippen molar-refractivity contribution in [3.8, 4) is 11.1 Å². The van der Waals surface area contributed by atoms with Crippen LogP contribution in [-0.2, 0) is 13.5 Å². The van der Waals surface area contributed by atoms with E-state index in [0.717, 1.165) is 0 Å². The summed E-state index contributed by atoms with van der Waals surface area (Å²) in [6, 6.07) is 6.80. The Hall–Kier alpha value is -1.77. The molecule has 0 aliphatic carbocycles. The first-order chi connectivity index (χ1) is 8.78. The zero-order chi connectivity index (χ0) is 12.5. The van der Waals surface area contributed by atoms with Gasteiger partial charge in [-0.25, -0.2) is 0 Å². The van der Waals surface area contributed by atoms with E-state index < -0.39 is 0 Å². The second-order valence-corrected chi connectivity index (χ2v) is 4.98. The Morgan fingerprint density at radius 1 is 1.28 bits per heavy atom. The first-order valence-corrected chi connectivity index (χ1v) is 6.65. The van der Waals surface area contributed by atoms with Crippen LogP contribution < -0.4 is 4.90 Å². The van der Waals surface area contributed by atoms with Crippen molar-refractivity contribution < 1.29 is 0 Å².